The fraction of sp³-hybridized carbons (Fsp3) is 0.529. The van der Waals surface area contributed by atoms with Gasteiger partial charge in [0.1, 0.15) is 6.04 Å². The average Bonchev–Trinajstić information content (AvgIpc) is 2.48. The van der Waals surface area contributed by atoms with Crippen molar-refractivity contribution in [3.63, 3.8) is 0 Å². The van der Waals surface area contributed by atoms with Gasteiger partial charge in [-0.3, -0.25) is 9.59 Å². The molecule has 2 amide bonds. The van der Waals surface area contributed by atoms with Crippen LogP contribution in [-0.4, -0.2) is 29.3 Å². The Labute approximate surface area is 127 Å². The molecule has 1 atom stereocenters. The van der Waals surface area contributed by atoms with Crippen LogP contribution in [0.5, 0.6) is 0 Å². The highest BCUT2D eigenvalue weighted by Crippen LogP contribution is 2.16. The molecule has 0 unspecified atom stereocenters. The van der Waals surface area contributed by atoms with Crippen LogP contribution < -0.4 is 5.32 Å². The first-order valence-corrected chi connectivity index (χ1v) is 7.66. The third kappa shape index (κ3) is 4.59. The van der Waals surface area contributed by atoms with E-state index in [9.17, 15) is 9.59 Å². The van der Waals surface area contributed by atoms with E-state index in [1.807, 2.05) is 52.0 Å². The summed E-state index contributed by atoms with van der Waals surface area (Å²) in [6.45, 7) is 8.74. The molecule has 0 radical (unpaired) electrons. The summed E-state index contributed by atoms with van der Waals surface area (Å²) in [5.74, 6) is -0.0632. The minimum Gasteiger partial charge on any atom is -0.355 e. The number of aryl methyl sites for hydroxylation is 1. The maximum absolute atomic E-state index is 12.3. The molecule has 0 spiro atoms. The fourth-order valence-electron chi connectivity index (χ4n) is 2.39. The van der Waals surface area contributed by atoms with Gasteiger partial charge in [0.2, 0.25) is 11.8 Å². The number of hydrogen-bond donors (Lipinski definition) is 1. The molecule has 0 heterocycles. The van der Waals surface area contributed by atoms with E-state index in [1.165, 1.54) is 0 Å². The van der Waals surface area contributed by atoms with Crippen LogP contribution in [0.3, 0.4) is 0 Å². The lowest BCUT2D eigenvalue weighted by Gasteiger charge is -2.30. The summed E-state index contributed by atoms with van der Waals surface area (Å²) < 4.78 is 0. The number of likely N-dealkylation sites (N-methyl/N-ethyl adjacent to an activating group) is 1. The van der Waals surface area contributed by atoms with Crippen molar-refractivity contribution in [2.45, 2.75) is 53.1 Å². The summed E-state index contributed by atoms with van der Waals surface area (Å²) in [7, 11) is 0. The predicted molar refractivity (Wildman–Crippen MR) is 84.8 cm³/mol. The van der Waals surface area contributed by atoms with Crippen LogP contribution in [0.4, 0.5) is 0 Å². The molecule has 0 aliphatic heterocycles. The lowest BCUT2D eigenvalue weighted by Crippen LogP contribution is -2.48. The SMILES string of the molecule is CCNC(=O)[C@H](CC)N(Cc1ccccc1C)C(=O)CC. The standard InChI is InChI=1S/C17H26N2O2/c1-5-15(17(21)18-7-3)19(16(20)6-2)12-14-11-9-8-10-13(14)4/h8-11,15H,5-7,12H2,1-4H3,(H,18,21)/t15-/m0/s1. The quantitative estimate of drug-likeness (QED) is 0.839. The molecule has 0 bridgehead atoms. The van der Waals surface area contributed by atoms with E-state index in [2.05, 4.69) is 5.32 Å². The summed E-state index contributed by atoms with van der Waals surface area (Å²) in [6, 6.07) is 7.57. The zero-order valence-electron chi connectivity index (χ0n) is 13.5. The number of nitrogens with one attached hydrogen (secondary N) is 1. The second kappa shape index (κ2) is 8.45. The third-order valence-electron chi connectivity index (χ3n) is 3.64. The summed E-state index contributed by atoms with van der Waals surface area (Å²) in [5, 5.41) is 2.82. The monoisotopic (exact) mass is 290 g/mol. The highest BCUT2D eigenvalue weighted by Gasteiger charge is 2.27. The lowest BCUT2D eigenvalue weighted by molar-refractivity contribution is -0.141. The van der Waals surface area contributed by atoms with Crippen molar-refractivity contribution >= 4 is 11.8 Å². The summed E-state index contributed by atoms with van der Waals surface area (Å²) in [4.78, 5) is 26.2. The van der Waals surface area contributed by atoms with E-state index < -0.39 is 6.04 Å². The van der Waals surface area contributed by atoms with E-state index in [0.29, 0.717) is 25.9 Å². The first-order chi connectivity index (χ1) is 10.0. The molecule has 0 aromatic heterocycles. The Bertz CT molecular complexity index is 485. The highest BCUT2D eigenvalue weighted by molar-refractivity contribution is 5.87. The third-order valence-corrected chi connectivity index (χ3v) is 3.64. The Balaban J connectivity index is 3.02. The molecule has 1 aromatic rings. The fourth-order valence-corrected chi connectivity index (χ4v) is 2.39. The molecule has 4 nitrogen and oxygen atoms in total. The maximum Gasteiger partial charge on any atom is 0.242 e. The molecule has 1 aromatic carbocycles. The van der Waals surface area contributed by atoms with Crippen LogP contribution in [0.2, 0.25) is 0 Å². The number of rotatable bonds is 7. The zero-order chi connectivity index (χ0) is 15.8. The molecule has 1 N–H and O–H groups in total. The molecule has 116 valence electrons. The van der Waals surface area contributed by atoms with Gasteiger partial charge in [-0.1, -0.05) is 38.1 Å². The van der Waals surface area contributed by atoms with Gasteiger partial charge >= 0.3 is 0 Å². The number of nitrogens with zero attached hydrogens (tertiary/aromatic N) is 1. The topological polar surface area (TPSA) is 49.4 Å². The van der Waals surface area contributed by atoms with Crippen molar-refractivity contribution in [2.24, 2.45) is 0 Å². The van der Waals surface area contributed by atoms with Gasteiger partial charge in [0.15, 0.2) is 0 Å². The van der Waals surface area contributed by atoms with Crippen molar-refractivity contribution in [1.82, 2.24) is 10.2 Å². The molecule has 0 fully saturated rings. The van der Waals surface area contributed by atoms with Gasteiger partial charge in [-0.25, -0.2) is 0 Å². The van der Waals surface area contributed by atoms with Crippen LogP contribution in [-0.2, 0) is 16.1 Å². The lowest BCUT2D eigenvalue weighted by atomic mass is 10.1. The highest BCUT2D eigenvalue weighted by atomic mass is 16.2. The first-order valence-electron chi connectivity index (χ1n) is 7.66. The molecule has 0 saturated heterocycles. The van der Waals surface area contributed by atoms with Crippen LogP contribution in [0, 0.1) is 6.92 Å². The van der Waals surface area contributed by atoms with Gasteiger partial charge in [-0.2, -0.15) is 0 Å². The molecule has 21 heavy (non-hydrogen) atoms. The van der Waals surface area contributed by atoms with E-state index in [0.717, 1.165) is 11.1 Å². The largest absolute Gasteiger partial charge is 0.355 e. The van der Waals surface area contributed by atoms with E-state index >= 15 is 0 Å². The van der Waals surface area contributed by atoms with Crippen LogP contribution in [0.15, 0.2) is 24.3 Å². The van der Waals surface area contributed by atoms with Crippen LogP contribution >= 0.6 is 0 Å². The van der Waals surface area contributed by atoms with Gasteiger partial charge < -0.3 is 10.2 Å². The molecule has 0 aliphatic carbocycles. The number of hydrogen-bond acceptors (Lipinski definition) is 2. The van der Waals surface area contributed by atoms with E-state index in [1.54, 1.807) is 4.90 Å². The summed E-state index contributed by atoms with van der Waals surface area (Å²) >= 11 is 0. The van der Waals surface area contributed by atoms with Gasteiger partial charge in [-0.05, 0) is 31.4 Å². The Morgan fingerprint density at radius 3 is 2.38 bits per heavy atom. The zero-order valence-corrected chi connectivity index (χ0v) is 13.5. The van der Waals surface area contributed by atoms with E-state index in [4.69, 9.17) is 0 Å². The Hall–Kier alpha value is -1.84. The summed E-state index contributed by atoms with van der Waals surface area (Å²) in [5.41, 5.74) is 2.22. The molecule has 4 heteroatoms. The number of carbonyl (C=O) groups excluding carboxylic acids is 2. The second-order valence-electron chi connectivity index (χ2n) is 5.12. The van der Waals surface area contributed by atoms with Gasteiger partial charge in [0.25, 0.3) is 0 Å². The molecule has 0 aliphatic rings. The van der Waals surface area contributed by atoms with Gasteiger partial charge in [0.05, 0.1) is 0 Å². The smallest absolute Gasteiger partial charge is 0.242 e. The number of benzene rings is 1. The van der Waals surface area contributed by atoms with Crippen molar-refractivity contribution < 1.29 is 9.59 Å². The molecular weight excluding hydrogens is 264 g/mol. The van der Waals surface area contributed by atoms with Crippen molar-refractivity contribution in [1.29, 1.82) is 0 Å². The predicted octanol–water partition coefficient (Wildman–Crippen LogP) is 2.65. The van der Waals surface area contributed by atoms with Gasteiger partial charge in [-0.15, -0.1) is 0 Å². The minimum absolute atomic E-state index is 0.0105. The molecular formula is C17H26N2O2. The maximum atomic E-state index is 12.3. The normalized spacial score (nSPS) is 11.8. The summed E-state index contributed by atoms with van der Waals surface area (Å²) in [6.07, 6.45) is 1.02. The van der Waals surface area contributed by atoms with Crippen LogP contribution in [0.1, 0.15) is 44.7 Å². The molecule has 1 rings (SSSR count). The minimum atomic E-state index is -0.406. The average molecular weight is 290 g/mol. The Kier molecular flexibility index (Phi) is 6.92. The van der Waals surface area contributed by atoms with Gasteiger partial charge in [0, 0.05) is 19.5 Å². The van der Waals surface area contributed by atoms with Crippen LogP contribution in [0.25, 0.3) is 0 Å². The van der Waals surface area contributed by atoms with Crippen molar-refractivity contribution in [2.75, 3.05) is 6.54 Å². The number of amides is 2. The Morgan fingerprint density at radius 2 is 1.86 bits per heavy atom. The molecule has 0 saturated carbocycles. The first kappa shape index (κ1) is 17.2. The van der Waals surface area contributed by atoms with Crippen molar-refractivity contribution in [3.8, 4) is 0 Å². The second-order valence-corrected chi connectivity index (χ2v) is 5.12. The van der Waals surface area contributed by atoms with E-state index in [-0.39, 0.29) is 11.8 Å². The van der Waals surface area contributed by atoms with Crippen molar-refractivity contribution in [3.05, 3.63) is 35.4 Å². The number of carbonyl (C=O) groups is 2. The Morgan fingerprint density at radius 1 is 1.19 bits per heavy atom.